The smallest absolute Gasteiger partial charge is 0.314 e. The topological polar surface area (TPSA) is 63.7 Å². The molecule has 3 rings (SSSR count). The summed E-state index contributed by atoms with van der Waals surface area (Å²) in [5.41, 5.74) is 1.90. The van der Waals surface area contributed by atoms with Gasteiger partial charge in [-0.25, -0.2) is 17.2 Å². The van der Waals surface area contributed by atoms with Gasteiger partial charge in [0, 0.05) is 13.1 Å². The Kier molecular flexibility index (Phi) is 5.81. The molecule has 1 saturated heterocycles. The molecule has 0 radical (unpaired) electrons. The lowest BCUT2D eigenvalue weighted by molar-refractivity contribution is -0.140. The average molecular weight is 409 g/mol. The van der Waals surface area contributed by atoms with E-state index >= 15 is 0 Å². The van der Waals surface area contributed by atoms with Crippen molar-refractivity contribution < 1.29 is 26.7 Å². The summed E-state index contributed by atoms with van der Waals surface area (Å²) in [5, 5.41) is 0. The summed E-state index contributed by atoms with van der Waals surface area (Å²) >= 11 is 0. The van der Waals surface area contributed by atoms with Crippen LogP contribution in [0.4, 0.5) is 8.78 Å². The summed E-state index contributed by atoms with van der Waals surface area (Å²) in [6, 6.07) is 7.81. The van der Waals surface area contributed by atoms with E-state index in [9.17, 15) is 22.0 Å². The molecular formula is C20H21F2NO4S. The predicted octanol–water partition coefficient (Wildman–Crippen LogP) is 3.59. The first-order valence-electron chi connectivity index (χ1n) is 8.92. The highest BCUT2D eigenvalue weighted by Gasteiger charge is 2.34. The number of rotatable bonds is 4. The molecule has 28 heavy (non-hydrogen) atoms. The number of hydrogen-bond donors (Lipinski definition) is 0. The van der Waals surface area contributed by atoms with Crippen molar-refractivity contribution >= 4 is 16.0 Å². The van der Waals surface area contributed by atoms with Gasteiger partial charge in [-0.05, 0) is 56.5 Å². The lowest BCUT2D eigenvalue weighted by Crippen LogP contribution is -2.41. The van der Waals surface area contributed by atoms with E-state index in [-0.39, 0.29) is 25.9 Å². The Morgan fingerprint density at radius 1 is 1.07 bits per heavy atom. The molecule has 5 nitrogen and oxygen atoms in total. The third-order valence-corrected chi connectivity index (χ3v) is 6.75. The minimum Gasteiger partial charge on any atom is -0.426 e. The van der Waals surface area contributed by atoms with Crippen molar-refractivity contribution in [2.45, 2.75) is 31.6 Å². The molecule has 0 unspecified atom stereocenters. The Morgan fingerprint density at radius 3 is 2.39 bits per heavy atom. The van der Waals surface area contributed by atoms with E-state index in [1.165, 1.54) is 0 Å². The van der Waals surface area contributed by atoms with Crippen LogP contribution >= 0.6 is 0 Å². The highest BCUT2D eigenvalue weighted by Crippen LogP contribution is 2.28. The van der Waals surface area contributed by atoms with Crippen LogP contribution in [0.5, 0.6) is 5.75 Å². The molecule has 0 atom stereocenters. The van der Waals surface area contributed by atoms with Gasteiger partial charge >= 0.3 is 5.97 Å². The van der Waals surface area contributed by atoms with Crippen LogP contribution in [0, 0.1) is 31.4 Å². The van der Waals surface area contributed by atoms with Gasteiger partial charge in [0.2, 0.25) is 10.0 Å². The minimum absolute atomic E-state index is 0.0327. The molecule has 150 valence electrons. The molecule has 0 aliphatic carbocycles. The standard InChI is InChI=1S/C20H21F2NO4S/c1-13-3-6-18(14(2)11-13)27-20(24)15-7-9-23(10-8-15)28(25,26)19-12-16(21)4-5-17(19)22/h3-6,11-12,15H,7-10H2,1-2H3. The maximum atomic E-state index is 13.9. The molecule has 0 spiro atoms. The average Bonchev–Trinajstić information content (AvgIpc) is 2.66. The van der Waals surface area contributed by atoms with Crippen LogP contribution in [0.1, 0.15) is 24.0 Å². The van der Waals surface area contributed by atoms with Crippen molar-refractivity contribution in [3.63, 3.8) is 0 Å². The molecule has 1 aliphatic heterocycles. The van der Waals surface area contributed by atoms with Gasteiger partial charge in [0.05, 0.1) is 5.92 Å². The van der Waals surface area contributed by atoms with E-state index in [0.29, 0.717) is 11.8 Å². The van der Waals surface area contributed by atoms with Gasteiger partial charge in [-0.15, -0.1) is 0 Å². The first-order valence-corrected chi connectivity index (χ1v) is 10.4. The molecule has 2 aromatic carbocycles. The number of halogens is 2. The molecule has 0 bridgehead atoms. The Hall–Kier alpha value is -2.32. The van der Waals surface area contributed by atoms with Crippen LogP contribution in [0.2, 0.25) is 0 Å². The number of nitrogens with zero attached hydrogens (tertiary/aromatic N) is 1. The fourth-order valence-corrected chi connectivity index (χ4v) is 4.80. The van der Waals surface area contributed by atoms with Gasteiger partial charge in [-0.3, -0.25) is 4.79 Å². The Morgan fingerprint density at radius 2 is 1.75 bits per heavy atom. The predicted molar refractivity (Wildman–Crippen MR) is 99.4 cm³/mol. The summed E-state index contributed by atoms with van der Waals surface area (Å²) in [7, 11) is -4.17. The van der Waals surface area contributed by atoms with Crippen molar-refractivity contribution in [2.24, 2.45) is 5.92 Å². The summed E-state index contributed by atoms with van der Waals surface area (Å²) in [4.78, 5) is 11.7. The van der Waals surface area contributed by atoms with Gasteiger partial charge in [-0.2, -0.15) is 4.31 Å². The molecule has 0 aromatic heterocycles. The number of esters is 1. The Bertz CT molecular complexity index is 999. The van der Waals surface area contributed by atoms with E-state index in [1.54, 1.807) is 6.07 Å². The molecule has 1 fully saturated rings. The van der Waals surface area contributed by atoms with Crippen LogP contribution in [0.25, 0.3) is 0 Å². The van der Waals surface area contributed by atoms with Gasteiger partial charge in [0.25, 0.3) is 0 Å². The number of aryl methyl sites for hydroxylation is 2. The van der Waals surface area contributed by atoms with Crippen molar-refractivity contribution in [1.29, 1.82) is 0 Å². The second kappa shape index (κ2) is 7.97. The second-order valence-corrected chi connectivity index (χ2v) is 8.85. The highest BCUT2D eigenvalue weighted by molar-refractivity contribution is 7.89. The van der Waals surface area contributed by atoms with Crippen molar-refractivity contribution in [3.05, 3.63) is 59.2 Å². The summed E-state index contributed by atoms with van der Waals surface area (Å²) < 4.78 is 59.0. The third-order valence-electron chi connectivity index (χ3n) is 4.84. The molecule has 8 heteroatoms. The zero-order chi connectivity index (χ0) is 20.5. The molecule has 1 aliphatic rings. The van der Waals surface area contributed by atoms with Crippen molar-refractivity contribution in [1.82, 2.24) is 4.31 Å². The van der Waals surface area contributed by atoms with Crippen LogP contribution in [-0.4, -0.2) is 31.8 Å². The number of carbonyl (C=O) groups excluding carboxylic acids is 1. The zero-order valence-corrected chi connectivity index (χ0v) is 16.4. The number of piperidine rings is 1. The fourth-order valence-electron chi connectivity index (χ4n) is 3.25. The van der Waals surface area contributed by atoms with Crippen LogP contribution in [-0.2, 0) is 14.8 Å². The van der Waals surface area contributed by atoms with E-state index in [4.69, 9.17) is 4.74 Å². The van der Waals surface area contributed by atoms with Crippen LogP contribution < -0.4 is 4.74 Å². The molecule has 0 saturated carbocycles. The number of ether oxygens (including phenoxy) is 1. The number of carbonyl (C=O) groups is 1. The normalized spacial score (nSPS) is 16.1. The first-order chi connectivity index (χ1) is 13.2. The second-order valence-electron chi connectivity index (χ2n) is 6.94. The van der Waals surface area contributed by atoms with Crippen LogP contribution in [0.15, 0.2) is 41.3 Å². The first kappa shape index (κ1) is 20.4. The SMILES string of the molecule is Cc1ccc(OC(=O)C2CCN(S(=O)(=O)c3cc(F)ccc3F)CC2)c(C)c1. The molecule has 2 aromatic rings. The van der Waals surface area contributed by atoms with E-state index < -0.39 is 38.4 Å². The zero-order valence-electron chi connectivity index (χ0n) is 15.6. The van der Waals surface area contributed by atoms with E-state index in [2.05, 4.69) is 0 Å². The Balaban J connectivity index is 1.66. The third kappa shape index (κ3) is 4.23. The summed E-state index contributed by atoms with van der Waals surface area (Å²) in [6.45, 7) is 3.85. The number of sulfonamides is 1. The monoisotopic (exact) mass is 409 g/mol. The van der Waals surface area contributed by atoms with Gasteiger partial charge in [0.1, 0.15) is 22.3 Å². The number of hydrogen-bond acceptors (Lipinski definition) is 4. The van der Waals surface area contributed by atoms with Gasteiger partial charge in [0.15, 0.2) is 0 Å². The van der Waals surface area contributed by atoms with Crippen molar-refractivity contribution in [3.8, 4) is 5.75 Å². The van der Waals surface area contributed by atoms with Gasteiger partial charge < -0.3 is 4.74 Å². The maximum Gasteiger partial charge on any atom is 0.314 e. The maximum absolute atomic E-state index is 13.9. The minimum atomic E-state index is -4.17. The molecular weight excluding hydrogens is 388 g/mol. The summed E-state index contributed by atoms with van der Waals surface area (Å²) in [6.07, 6.45) is 0.500. The quantitative estimate of drug-likeness (QED) is 0.572. The highest BCUT2D eigenvalue weighted by atomic mass is 32.2. The fraction of sp³-hybridized carbons (Fsp3) is 0.350. The lowest BCUT2D eigenvalue weighted by atomic mass is 9.98. The summed E-state index contributed by atoms with van der Waals surface area (Å²) in [5.74, 6) is -2.22. The number of benzene rings is 2. The molecule has 1 heterocycles. The van der Waals surface area contributed by atoms with Crippen molar-refractivity contribution in [2.75, 3.05) is 13.1 Å². The van der Waals surface area contributed by atoms with E-state index in [1.807, 2.05) is 26.0 Å². The largest absolute Gasteiger partial charge is 0.426 e. The van der Waals surface area contributed by atoms with Crippen LogP contribution in [0.3, 0.4) is 0 Å². The Labute approximate surface area is 163 Å². The molecule has 0 N–H and O–H groups in total. The molecule has 0 amide bonds. The lowest BCUT2D eigenvalue weighted by Gasteiger charge is -2.30. The van der Waals surface area contributed by atoms with Gasteiger partial charge in [-0.1, -0.05) is 17.7 Å². The van der Waals surface area contributed by atoms with E-state index in [0.717, 1.165) is 27.6 Å².